The first kappa shape index (κ1) is 15.7. The van der Waals surface area contributed by atoms with Gasteiger partial charge in [-0.05, 0) is 49.7 Å². The van der Waals surface area contributed by atoms with Crippen molar-refractivity contribution in [2.45, 2.75) is 63.2 Å². The Bertz CT molecular complexity index is 588. The van der Waals surface area contributed by atoms with Crippen molar-refractivity contribution in [1.29, 1.82) is 0 Å². The van der Waals surface area contributed by atoms with Gasteiger partial charge in [-0.25, -0.2) is 0 Å². The summed E-state index contributed by atoms with van der Waals surface area (Å²) in [4.78, 5) is 12.0. The number of ether oxygens (including phenoxy) is 1. The molecule has 1 aromatic rings. The normalized spacial score (nSPS) is 20.3. The molecule has 0 radical (unpaired) electrons. The zero-order valence-electron chi connectivity index (χ0n) is 13.1. The number of halogens is 1. The third-order valence-electron chi connectivity index (χ3n) is 5.37. The van der Waals surface area contributed by atoms with E-state index in [4.69, 9.17) is 16.3 Å². The minimum absolute atomic E-state index is 0.589. The topological polar surface area (TPSA) is 46.5 Å². The SMILES string of the molecule is COc1c(C2(C(=O)O)CCCC2)cc2c(c1Cl)CCCCC2. The van der Waals surface area contributed by atoms with E-state index in [9.17, 15) is 9.90 Å². The highest BCUT2D eigenvalue weighted by Crippen LogP contribution is 2.49. The molecule has 4 heteroatoms. The Morgan fingerprint density at radius 1 is 1.18 bits per heavy atom. The van der Waals surface area contributed by atoms with Crippen LogP contribution in [-0.2, 0) is 23.1 Å². The van der Waals surface area contributed by atoms with E-state index in [0.29, 0.717) is 23.6 Å². The summed E-state index contributed by atoms with van der Waals surface area (Å²) in [5.74, 6) is -0.153. The molecule has 22 heavy (non-hydrogen) atoms. The van der Waals surface area contributed by atoms with Crippen LogP contribution in [0.15, 0.2) is 6.07 Å². The van der Waals surface area contributed by atoms with Crippen LogP contribution >= 0.6 is 11.6 Å². The van der Waals surface area contributed by atoms with Crippen molar-refractivity contribution < 1.29 is 14.6 Å². The molecular formula is C18H23ClO3. The number of aryl methyl sites for hydroxylation is 1. The molecule has 0 aromatic heterocycles. The molecule has 0 saturated heterocycles. The molecule has 0 heterocycles. The lowest BCUT2D eigenvalue weighted by Gasteiger charge is -2.28. The van der Waals surface area contributed by atoms with E-state index in [1.807, 2.05) is 0 Å². The average Bonchev–Trinajstić information content (AvgIpc) is 2.88. The highest BCUT2D eigenvalue weighted by atomic mass is 35.5. The van der Waals surface area contributed by atoms with Crippen molar-refractivity contribution in [3.05, 3.63) is 27.8 Å². The van der Waals surface area contributed by atoms with Crippen molar-refractivity contribution in [2.75, 3.05) is 7.11 Å². The molecule has 120 valence electrons. The summed E-state index contributed by atoms with van der Waals surface area (Å²) in [5, 5.41) is 10.5. The molecule has 0 amide bonds. The number of carboxylic acid groups (broad SMARTS) is 1. The van der Waals surface area contributed by atoms with E-state index in [1.165, 1.54) is 17.5 Å². The number of hydrogen-bond acceptors (Lipinski definition) is 2. The Hall–Kier alpha value is -1.22. The zero-order valence-corrected chi connectivity index (χ0v) is 13.8. The number of benzene rings is 1. The number of rotatable bonds is 3. The van der Waals surface area contributed by atoms with Crippen LogP contribution in [0, 0.1) is 0 Å². The Labute approximate surface area is 136 Å². The second kappa shape index (κ2) is 6.11. The van der Waals surface area contributed by atoms with Gasteiger partial charge in [-0.2, -0.15) is 0 Å². The molecule has 1 saturated carbocycles. The van der Waals surface area contributed by atoms with Gasteiger partial charge in [-0.1, -0.05) is 36.9 Å². The lowest BCUT2D eigenvalue weighted by Crippen LogP contribution is -2.33. The van der Waals surface area contributed by atoms with Gasteiger partial charge in [0.1, 0.15) is 5.75 Å². The summed E-state index contributed by atoms with van der Waals surface area (Å²) in [6, 6.07) is 2.09. The lowest BCUT2D eigenvalue weighted by atomic mass is 9.77. The van der Waals surface area contributed by atoms with Gasteiger partial charge in [0.05, 0.1) is 17.5 Å². The average molecular weight is 323 g/mol. The van der Waals surface area contributed by atoms with Crippen molar-refractivity contribution in [1.82, 2.24) is 0 Å². The minimum Gasteiger partial charge on any atom is -0.495 e. The summed E-state index contributed by atoms with van der Waals surface area (Å²) in [7, 11) is 1.60. The third-order valence-corrected chi connectivity index (χ3v) is 5.77. The number of carboxylic acids is 1. The second-order valence-electron chi connectivity index (χ2n) is 6.56. The predicted molar refractivity (Wildman–Crippen MR) is 87.0 cm³/mol. The van der Waals surface area contributed by atoms with E-state index in [2.05, 4.69) is 6.07 Å². The number of aliphatic carboxylic acids is 1. The molecule has 1 aromatic carbocycles. The molecule has 0 atom stereocenters. The van der Waals surface area contributed by atoms with Crippen molar-refractivity contribution in [3.8, 4) is 5.75 Å². The summed E-state index contributed by atoms with van der Waals surface area (Å²) >= 11 is 6.63. The Morgan fingerprint density at radius 2 is 1.86 bits per heavy atom. The maximum Gasteiger partial charge on any atom is 0.314 e. The van der Waals surface area contributed by atoms with Crippen LogP contribution in [0.5, 0.6) is 5.75 Å². The number of hydrogen-bond donors (Lipinski definition) is 1. The smallest absolute Gasteiger partial charge is 0.314 e. The fourth-order valence-corrected chi connectivity index (χ4v) is 4.54. The first-order valence-electron chi connectivity index (χ1n) is 8.22. The molecule has 3 rings (SSSR count). The molecule has 3 nitrogen and oxygen atoms in total. The first-order chi connectivity index (χ1) is 10.6. The van der Waals surface area contributed by atoms with E-state index < -0.39 is 11.4 Å². The van der Waals surface area contributed by atoms with Gasteiger partial charge in [0.2, 0.25) is 0 Å². The van der Waals surface area contributed by atoms with Gasteiger partial charge >= 0.3 is 5.97 Å². The number of carbonyl (C=O) groups is 1. The maximum absolute atomic E-state index is 12.0. The molecule has 2 aliphatic carbocycles. The van der Waals surface area contributed by atoms with Gasteiger partial charge in [-0.15, -0.1) is 0 Å². The summed E-state index contributed by atoms with van der Waals surface area (Å²) < 4.78 is 5.58. The van der Waals surface area contributed by atoms with Crippen molar-refractivity contribution >= 4 is 17.6 Å². The maximum atomic E-state index is 12.0. The molecule has 1 N–H and O–H groups in total. The molecule has 2 aliphatic rings. The fraction of sp³-hybridized carbons (Fsp3) is 0.611. The van der Waals surface area contributed by atoms with E-state index >= 15 is 0 Å². The molecule has 0 spiro atoms. The fourth-order valence-electron chi connectivity index (χ4n) is 4.14. The number of fused-ring (bicyclic) bond motifs is 1. The van der Waals surface area contributed by atoms with Crippen LogP contribution in [0.4, 0.5) is 0 Å². The highest BCUT2D eigenvalue weighted by molar-refractivity contribution is 6.33. The van der Waals surface area contributed by atoms with Crippen molar-refractivity contribution in [3.63, 3.8) is 0 Å². The van der Waals surface area contributed by atoms with Crippen LogP contribution in [-0.4, -0.2) is 18.2 Å². The summed E-state index contributed by atoms with van der Waals surface area (Å²) in [6.07, 6.45) is 8.68. The predicted octanol–water partition coefficient (Wildman–Crippen LogP) is 4.51. The Balaban J connectivity index is 2.20. The Kier molecular flexibility index (Phi) is 4.35. The monoisotopic (exact) mass is 322 g/mol. The largest absolute Gasteiger partial charge is 0.495 e. The van der Waals surface area contributed by atoms with Crippen LogP contribution in [0.2, 0.25) is 5.02 Å². The second-order valence-corrected chi connectivity index (χ2v) is 6.94. The molecule has 1 fully saturated rings. The van der Waals surface area contributed by atoms with Crippen molar-refractivity contribution in [2.24, 2.45) is 0 Å². The van der Waals surface area contributed by atoms with Gasteiger partial charge in [-0.3, -0.25) is 4.79 Å². The van der Waals surface area contributed by atoms with Crippen LogP contribution in [0.1, 0.15) is 61.6 Å². The van der Waals surface area contributed by atoms with E-state index in [-0.39, 0.29) is 0 Å². The zero-order chi connectivity index (χ0) is 15.7. The van der Waals surface area contributed by atoms with Crippen LogP contribution in [0.25, 0.3) is 0 Å². The minimum atomic E-state index is -0.823. The highest BCUT2D eigenvalue weighted by Gasteiger charge is 2.45. The third kappa shape index (κ3) is 2.40. The van der Waals surface area contributed by atoms with Crippen LogP contribution < -0.4 is 4.74 Å². The summed E-state index contributed by atoms with van der Waals surface area (Å²) in [6.45, 7) is 0. The van der Waals surface area contributed by atoms with E-state index in [0.717, 1.165) is 44.1 Å². The quantitative estimate of drug-likeness (QED) is 0.833. The lowest BCUT2D eigenvalue weighted by molar-refractivity contribution is -0.143. The summed E-state index contributed by atoms with van der Waals surface area (Å²) in [5.41, 5.74) is 2.37. The Morgan fingerprint density at radius 3 is 2.50 bits per heavy atom. The number of methoxy groups -OCH3 is 1. The molecular weight excluding hydrogens is 300 g/mol. The first-order valence-corrected chi connectivity index (χ1v) is 8.60. The van der Waals surface area contributed by atoms with Crippen LogP contribution in [0.3, 0.4) is 0 Å². The van der Waals surface area contributed by atoms with Gasteiger partial charge in [0.25, 0.3) is 0 Å². The van der Waals surface area contributed by atoms with E-state index in [1.54, 1.807) is 7.11 Å². The molecule has 0 aliphatic heterocycles. The van der Waals surface area contributed by atoms with Gasteiger partial charge < -0.3 is 9.84 Å². The standard InChI is InChI=1S/C18H23ClO3/c1-22-16-14(18(17(20)21)9-5-6-10-18)11-12-7-3-2-4-8-13(12)15(16)19/h11H,2-10H2,1H3,(H,20,21). The van der Waals surface area contributed by atoms with Gasteiger partial charge in [0, 0.05) is 5.56 Å². The molecule has 0 unspecified atom stereocenters. The van der Waals surface area contributed by atoms with Gasteiger partial charge in [0.15, 0.2) is 0 Å². The molecule has 0 bridgehead atoms.